The predicted octanol–water partition coefficient (Wildman–Crippen LogP) is 2.37. The van der Waals surface area contributed by atoms with Crippen molar-refractivity contribution in [2.24, 2.45) is 5.92 Å². The normalized spacial score (nSPS) is 14.0. The number of rotatable bonds is 3. The van der Waals surface area contributed by atoms with Crippen molar-refractivity contribution in [1.82, 2.24) is 14.9 Å². The van der Waals surface area contributed by atoms with Gasteiger partial charge in [0, 0.05) is 24.9 Å². The molecule has 1 aromatic carbocycles. The maximum atomic E-state index is 12.4. The molecule has 0 unspecified atom stereocenters. The zero-order valence-electron chi connectivity index (χ0n) is 13.5. The Hall–Kier alpha value is -2.43. The van der Waals surface area contributed by atoms with Gasteiger partial charge in [-0.1, -0.05) is 44.2 Å². The lowest BCUT2D eigenvalue weighted by Crippen LogP contribution is -2.40. The van der Waals surface area contributed by atoms with Crippen LogP contribution in [-0.4, -0.2) is 27.3 Å². The van der Waals surface area contributed by atoms with E-state index in [1.54, 1.807) is 4.90 Å². The Kier molecular flexibility index (Phi) is 4.28. The molecule has 0 saturated carbocycles. The van der Waals surface area contributed by atoms with Crippen molar-refractivity contribution in [3.63, 3.8) is 0 Å². The van der Waals surface area contributed by atoms with Crippen LogP contribution in [0.1, 0.15) is 31.5 Å². The summed E-state index contributed by atoms with van der Waals surface area (Å²) in [4.78, 5) is 33.8. The minimum atomic E-state index is -0.143. The smallest absolute Gasteiger partial charge is 0.256 e. The molecule has 0 aliphatic carbocycles. The van der Waals surface area contributed by atoms with Crippen molar-refractivity contribution in [3.8, 4) is 11.4 Å². The zero-order chi connectivity index (χ0) is 16.4. The molecule has 1 aromatic heterocycles. The van der Waals surface area contributed by atoms with Gasteiger partial charge < -0.3 is 9.88 Å². The number of hydrogen-bond donors (Lipinski definition) is 1. The van der Waals surface area contributed by atoms with Crippen LogP contribution in [0, 0.1) is 5.92 Å². The SMILES string of the molecule is CC(C)CC(=O)N1CCc2nc(-c3ccccc3)[nH]c(=O)c2C1. The van der Waals surface area contributed by atoms with Crippen LogP contribution in [0.4, 0.5) is 0 Å². The van der Waals surface area contributed by atoms with Gasteiger partial charge in [-0.15, -0.1) is 0 Å². The quantitative estimate of drug-likeness (QED) is 0.946. The first kappa shape index (κ1) is 15.5. The summed E-state index contributed by atoms with van der Waals surface area (Å²) in [6.45, 7) is 5.04. The van der Waals surface area contributed by atoms with E-state index in [1.807, 2.05) is 44.2 Å². The van der Waals surface area contributed by atoms with Crippen LogP contribution in [0.2, 0.25) is 0 Å². The van der Waals surface area contributed by atoms with E-state index in [0.717, 1.165) is 11.3 Å². The van der Waals surface area contributed by atoms with E-state index >= 15 is 0 Å². The van der Waals surface area contributed by atoms with Gasteiger partial charge in [-0.25, -0.2) is 4.98 Å². The van der Waals surface area contributed by atoms with E-state index in [1.165, 1.54) is 0 Å². The fourth-order valence-corrected chi connectivity index (χ4v) is 2.85. The summed E-state index contributed by atoms with van der Waals surface area (Å²) in [5, 5.41) is 0. The third-order valence-electron chi connectivity index (χ3n) is 4.05. The average Bonchev–Trinajstić information content (AvgIpc) is 2.54. The Morgan fingerprint density at radius 3 is 2.74 bits per heavy atom. The summed E-state index contributed by atoms with van der Waals surface area (Å²) in [5.74, 6) is 1.02. The molecule has 1 amide bonds. The van der Waals surface area contributed by atoms with Crippen molar-refractivity contribution in [3.05, 3.63) is 51.9 Å². The van der Waals surface area contributed by atoms with E-state index in [4.69, 9.17) is 0 Å². The Labute approximate surface area is 135 Å². The van der Waals surface area contributed by atoms with E-state index in [0.29, 0.717) is 43.2 Å². The second-order valence-electron chi connectivity index (χ2n) is 6.37. The third kappa shape index (κ3) is 3.33. The maximum absolute atomic E-state index is 12.4. The second-order valence-corrected chi connectivity index (χ2v) is 6.37. The van der Waals surface area contributed by atoms with Crippen molar-refractivity contribution in [2.75, 3.05) is 6.54 Å². The summed E-state index contributed by atoms with van der Waals surface area (Å²) in [6, 6.07) is 9.61. The highest BCUT2D eigenvalue weighted by atomic mass is 16.2. The molecule has 2 heterocycles. The van der Waals surface area contributed by atoms with Crippen LogP contribution in [0.15, 0.2) is 35.1 Å². The number of amides is 1. The van der Waals surface area contributed by atoms with Gasteiger partial charge in [0.1, 0.15) is 5.82 Å². The van der Waals surface area contributed by atoms with Gasteiger partial charge in [0.05, 0.1) is 17.8 Å². The topological polar surface area (TPSA) is 66.1 Å². The maximum Gasteiger partial charge on any atom is 0.256 e. The standard InChI is InChI=1S/C18H21N3O2/c1-12(2)10-16(22)21-9-8-15-14(11-21)18(23)20-17(19-15)13-6-4-3-5-7-13/h3-7,12H,8-11H2,1-2H3,(H,19,20,23). The molecule has 0 spiro atoms. The Balaban J connectivity index is 1.88. The molecule has 1 aliphatic rings. The molecule has 0 atom stereocenters. The number of nitrogens with zero attached hydrogens (tertiary/aromatic N) is 2. The minimum Gasteiger partial charge on any atom is -0.338 e. The first-order valence-electron chi connectivity index (χ1n) is 8.00. The molecule has 0 radical (unpaired) electrons. The number of benzene rings is 1. The van der Waals surface area contributed by atoms with Crippen LogP contribution in [-0.2, 0) is 17.8 Å². The lowest BCUT2D eigenvalue weighted by atomic mass is 10.0. The molecule has 1 N–H and O–H groups in total. The monoisotopic (exact) mass is 311 g/mol. The summed E-state index contributed by atoms with van der Waals surface area (Å²) in [6.07, 6.45) is 1.14. The van der Waals surface area contributed by atoms with Gasteiger partial charge in [0.25, 0.3) is 5.56 Å². The fraction of sp³-hybridized carbons (Fsp3) is 0.389. The molecule has 23 heavy (non-hydrogen) atoms. The molecule has 5 nitrogen and oxygen atoms in total. The summed E-state index contributed by atoms with van der Waals surface area (Å²) in [7, 11) is 0. The molecular weight excluding hydrogens is 290 g/mol. The van der Waals surface area contributed by atoms with E-state index < -0.39 is 0 Å². The highest BCUT2D eigenvalue weighted by Crippen LogP contribution is 2.19. The van der Waals surface area contributed by atoms with Crippen molar-refractivity contribution >= 4 is 5.91 Å². The molecule has 120 valence electrons. The number of hydrogen-bond acceptors (Lipinski definition) is 3. The summed E-state index contributed by atoms with van der Waals surface area (Å²) < 4.78 is 0. The predicted molar refractivity (Wildman–Crippen MR) is 88.9 cm³/mol. The number of carbonyl (C=O) groups is 1. The largest absolute Gasteiger partial charge is 0.338 e. The van der Waals surface area contributed by atoms with Crippen molar-refractivity contribution < 1.29 is 4.79 Å². The molecular formula is C18H21N3O2. The molecule has 0 saturated heterocycles. The lowest BCUT2D eigenvalue weighted by Gasteiger charge is -2.28. The highest BCUT2D eigenvalue weighted by Gasteiger charge is 2.24. The Morgan fingerprint density at radius 1 is 1.30 bits per heavy atom. The van der Waals surface area contributed by atoms with Gasteiger partial charge in [0.15, 0.2) is 0 Å². The first-order chi connectivity index (χ1) is 11.0. The lowest BCUT2D eigenvalue weighted by molar-refractivity contribution is -0.132. The molecule has 3 rings (SSSR count). The number of nitrogens with one attached hydrogen (secondary N) is 1. The zero-order valence-corrected chi connectivity index (χ0v) is 13.5. The van der Waals surface area contributed by atoms with Gasteiger partial charge in [-0.05, 0) is 5.92 Å². The summed E-state index contributed by atoms with van der Waals surface area (Å²) in [5.41, 5.74) is 2.18. The van der Waals surface area contributed by atoms with Crippen LogP contribution in [0.25, 0.3) is 11.4 Å². The van der Waals surface area contributed by atoms with Gasteiger partial charge in [0.2, 0.25) is 5.91 Å². The number of aromatic nitrogens is 2. The van der Waals surface area contributed by atoms with Gasteiger partial charge in [-0.3, -0.25) is 9.59 Å². The van der Waals surface area contributed by atoms with Gasteiger partial charge in [-0.2, -0.15) is 0 Å². The average molecular weight is 311 g/mol. The number of aromatic amines is 1. The Bertz CT molecular complexity index is 766. The van der Waals surface area contributed by atoms with Crippen molar-refractivity contribution in [1.29, 1.82) is 0 Å². The van der Waals surface area contributed by atoms with Crippen LogP contribution in [0.5, 0.6) is 0 Å². The fourth-order valence-electron chi connectivity index (χ4n) is 2.85. The molecule has 1 aliphatic heterocycles. The van der Waals surface area contributed by atoms with Crippen LogP contribution >= 0.6 is 0 Å². The number of carbonyl (C=O) groups excluding carboxylic acids is 1. The van der Waals surface area contributed by atoms with E-state index in [-0.39, 0.29) is 11.5 Å². The van der Waals surface area contributed by atoms with Crippen LogP contribution < -0.4 is 5.56 Å². The first-order valence-corrected chi connectivity index (χ1v) is 8.00. The summed E-state index contributed by atoms with van der Waals surface area (Å²) >= 11 is 0. The highest BCUT2D eigenvalue weighted by molar-refractivity contribution is 5.76. The minimum absolute atomic E-state index is 0.109. The van der Waals surface area contributed by atoms with Crippen molar-refractivity contribution in [2.45, 2.75) is 33.2 Å². The second kappa shape index (κ2) is 6.36. The van der Waals surface area contributed by atoms with Gasteiger partial charge >= 0.3 is 0 Å². The van der Waals surface area contributed by atoms with Crippen LogP contribution in [0.3, 0.4) is 0 Å². The van der Waals surface area contributed by atoms with E-state index in [9.17, 15) is 9.59 Å². The molecule has 0 fully saturated rings. The third-order valence-corrected chi connectivity index (χ3v) is 4.05. The Morgan fingerprint density at radius 2 is 2.04 bits per heavy atom. The van der Waals surface area contributed by atoms with E-state index in [2.05, 4.69) is 9.97 Å². The molecule has 5 heteroatoms. The number of H-pyrrole nitrogens is 1. The number of fused-ring (bicyclic) bond motifs is 1. The molecule has 2 aromatic rings. The molecule has 0 bridgehead atoms.